The fourth-order valence-corrected chi connectivity index (χ4v) is 3.86. The van der Waals surface area contributed by atoms with Crippen molar-refractivity contribution < 1.29 is 9.59 Å². The highest BCUT2D eigenvalue weighted by Gasteiger charge is 2.28. The molecule has 0 radical (unpaired) electrons. The average Bonchev–Trinajstić information content (AvgIpc) is 3.29. The van der Waals surface area contributed by atoms with E-state index in [0.29, 0.717) is 30.2 Å². The van der Waals surface area contributed by atoms with Gasteiger partial charge in [0.05, 0.1) is 17.5 Å². The molecule has 1 fully saturated rings. The molecule has 3 aromatic heterocycles. The van der Waals surface area contributed by atoms with Crippen molar-refractivity contribution >= 4 is 39.3 Å². The molecule has 0 saturated carbocycles. The standard InChI is InChI=1S/C21H18BrN7O2/c1-27-18(15(11-23-27)20(31)28-7-3-8-28)19(30)25-17-6-9-29-12-16(24-21(29)26-17)13-4-2-5-14(22)10-13/h2,4-6,9-12H,3,7-8H2,1H3,(H,24,25,26,30). The summed E-state index contributed by atoms with van der Waals surface area (Å²) in [6.07, 6.45) is 6.07. The summed E-state index contributed by atoms with van der Waals surface area (Å²) in [7, 11) is 1.64. The molecular formula is C21H18BrN7O2. The third kappa shape index (κ3) is 3.59. The molecule has 1 N–H and O–H groups in total. The van der Waals surface area contributed by atoms with E-state index in [2.05, 4.69) is 36.3 Å². The molecule has 156 valence electrons. The Hall–Kier alpha value is -3.53. The van der Waals surface area contributed by atoms with E-state index in [1.165, 1.54) is 10.9 Å². The fourth-order valence-electron chi connectivity index (χ4n) is 3.46. The van der Waals surface area contributed by atoms with Crippen LogP contribution in [0.15, 0.2) is 53.4 Å². The van der Waals surface area contributed by atoms with Gasteiger partial charge in [-0.1, -0.05) is 28.1 Å². The molecule has 1 aromatic carbocycles. The summed E-state index contributed by atoms with van der Waals surface area (Å²) in [4.78, 5) is 36.3. The number of amides is 2. The average molecular weight is 480 g/mol. The maximum absolute atomic E-state index is 12.9. The van der Waals surface area contributed by atoms with Crippen LogP contribution in [0.2, 0.25) is 0 Å². The van der Waals surface area contributed by atoms with Crippen molar-refractivity contribution in [1.82, 2.24) is 29.0 Å². The number of likely N-dealkylation sites (tertiary alicyclic amines) is 1. The van der Waals surface area contributed by atoms with Crippen LogP contribution in [-0.2, 0) is 7.05 Å². The third-order valence-corrected chi connectivity index (χ3v) is 5.71. The summed E-state index contributed by atoms with van der Waals surface area (Å²) < 4.78 is 4.15. The maximum atomic E-state index is 12.9. The van der Waals surface area contributed by atoms with E-state index < -0.39 is 5.91 Å². The topological polar surface area (TPSA) is 97.4 Å². The van der Waals surface area contributed by atoms with Crippen LogP contribution >= 0.6 is 15.9 Å². The second kappa shape index (κ2) is 7.62. The predicted octanol–water partition coefficient (Wildman–Crippen LogP) is 2.99. The van der Waals surface area contributed by atoms with Crippen molar-refractivity contribution in [3.8, 4) is 11.3 Å². The number of anilines is 1. The first-order valence-electron chi connectivity index (χ1n) is 9.74. The van der Waals surface area contributed by atoms with Crippen molar-refractivity contribution in [2.75, 3.05) is 18.4 Å². The molecule has 1 aliphatic heterocycles. The van der Waals surface area contributed by atoms with E-state index in [1.807, 2.05) is 30.5 Å². The number of carbonyl (C=O) groups excluding carboxylic acids is 2. The van der Waals surface area contributed by atoms with Gasteiger partial charge in [0.2, 0.25) is 5.78 Å². The smallest absolute Gasteiger partial charge is 0.275 e. The molecule has 1 saturated heterocycles. The zero-order chi connectivity index (χ0) is 21.5. The summed E-state index contributed by atoms with van der Waals surface area (Å²) in [5.74, 6) is 0.168. The minimum absolute atomic E-state index is 0.181. The molecule has 0 aliphatic carbocycles. The summed E-state index contributed by atoms with van der Waals surface area (Å²) in [6.45, 7) is 1.40. The lowest BCUT2D eigenvalue weighted by molar-refractivity contribution is 0.0648. The highest BCUT2D eigenvalue weighted by Crippen LogP contribution is 2.23. The van der Waals surface area contributed by atoms with Gasteiger partial charge in [-0.25, -0.2) is 4.98 Å². The van der Waals surface area contributed by atoms with Gasteiger partial charge in [-0.15, -0.1) is 0 Å². The highest BCUT2D eigenvalue weighted by molar-refractivity contribution is 9.10. The Balaban J connectivity index is 1.41. The number of halogens is 1. The number of hydrogen-bond acceptors (Lipinski definition) is 5. The van der Waals surface area contributed by atoms with Crippen LogP contribution < -0.4 is 5.32 Å². The number of hydrogen-bond donors (Lipinski definition) is 1. The number of rotatable bonds is 4. The Kier molecular flexibility index (Phi) is 4.78. The quantitative estimate of drug-likeness (QED) is 0.485. The first kappa shape index (κ1) is 19.4. The molecule has 4 aromatic rings. The largest absolute Gasteiger partial charge is 0.338 e. The lowest BCUT2D eigenvalue weighted by atomic mass is 10.1. The minimum atomic E-state index is -0.445. The molecule has 5 rings (SSSR count). The number of imidazole rings is 1. The Bertz CT molecular complexity index is 1320. The number of carbonyl (C=O) groups is 2. The van der Waals surface area contributed by atoms with E-state index in [9.17, 15) is 9.59 Å². The number of benzene rings is 1. The third-order valence-electron chi connectivity index (χ3n) is 5.22. The van der Waals surface area contributed by atoms with Gasteiger partial charge in [0, 0.05) is 42.6 Å². The van der Waals surface area contributed by atoms with Gasteiger partial charge in [0.1, 0.15) is 11.5 Å². The number of aryl methyl sites for hydroxylation is 1. The maximum Gasteiger partial charge on any atom is 0.275 e. The number of nitrogens with zero attached hydrogens (tertiary/aromatic N) is 6. The molecule has 10 heteroatoms. The Morgan fingerprint density at radius 1 is 1.16 bits per heavy atom. The predicted molar refractivity (Wildman–Crippen MR) is 118 cm³/mol. The fraction of sp³-hybridized carbons (Fsp3) is 0.190. The Morgan fingerprint density at radius 3 is 2.74 bits per heavy atom. The lowest BCUT2D eigenvalue weighted by Gasteiger charge is -2.30. The molecule has 0 unspecified atom stereocenters. The van der Waals surface area contributed by atoms with Crippen molar-refractivity contribution in [2.24, 2.45) is 7.05 Å². The van der Waals surface area contributed by atoms with Crippen molar-refractivity contribution in [3.63, 3.8) is 0 Å². The van der Waals surface area contributed by atoms with Gasteiger partial charge in [-0.2, -0.15) is 10.1 Å². The highest BCUT2D eigenvalue weighted by atomic mass is 79.9. The van der Waals surface area contributed by atoms with Gasteiger partial charge < -0.3 is 10.2 Å². The molecule has 1 aliphatic rings. The molecule has 2 amide bonds. The molecule has 0 spiro atoms. The van der Waals surface area contributed by atoms with E-state index >= 15 is 0 Å². The first-order chi connectivity index (χ1) is 15.0. The summed E-state index contributed by atoms with van der Waals surface area (Å²) in [5.41, 5.74) is 2.22. The molecule has 31 heavy (non-hydrogen) atoms. The monoisotopic (exact) mass is 479 g/mol. The Labute approximate surface area is 185 Å². The second-order valence-corrected chi connectivity index (χ2v) is 8.20. The summed E-state index contributed by atoms with van der Waals surface area (Å²) >= 11 is 3.47. The van der Waals surface area contributed by atoms with Gasteiger partial charge >= 0.3 is 0 Å². The van der Waals surface area contributed by atoms with Crippen LogP contribution in [0, 0.1) is 0 Å². The molecule has 0 atom stereocenters. The van der Waals surface area contributed by atoms with Crippen LogP contribution in [0.3, 0.4) is 0 Å². The number of aromatic nitrogens is 5. The first-order valence-corrected chi connectivity index (χ1v) is 10.5. The van der Waals surface area contributed by atoms with Gasteiger partial charge in [-0.3, -0.25) is 18.7 Å². The molecule has 0 bridgehead atoms. The summed E-state index contributed by atoms with van der Waals surface area (Å²) in [6, 6.07) is 9.52. The van der Waals surface area contributed by atoms with Crippen LogP contribution in [0.25, 0.3) is 17.0 Å². The zero-order valence-electron chi connectivity index (χ0n) is 16.6. The van der Waals surface area contributed by atoms with Gasteiger partial charge in [-0.05, 0) is 24.6 Å². The SMILES string of the molecule is Cn1ncc(C(=O)N2CCC2)c1C(=O)Nc1ccn2cc(-c3cccc(Br)c3)nc2n1. The van der Waals surface area contributed by atoms with Crippen LogP contribution in [0.5, 0.6) is 0 Å². The minimum Gasteiger partial charge on any atom is -0.338 e. The Morgan fingerprint density at radius 2 is 2.00 bits per heavy atom. The van der Waals surface area contributed by atoms with Crippen LogP contribution in [0.1, 0.15) is 27.3 Å². The van der Waals surface area contributed by atoms with Crippen molar-refractivity contribution in [1.29, 1.82) is 0 Å². The number of nitrogens with one attached hydrogen (secondary N) is 1. The summed E-state index contributed by atoms with van der Waals surface area (Å²) in [5, 5.41) is 6.87. The van der Waals surface area contributed by atoms with Gasteiger partial charge in [0.25, 0.3) is 11.8 Å². The van der Waals surface area contributed by atoms with Crippen molar-refractivity contribution in [3.05, 3.63) is 64.7 Å². The second-order valence-electron chi connectivity index (χ2n) is 7.29. The van der Waals surface area contributed by atoms with Crippen molar-refractivity contribution in [2.45, 2.75) is 6.42 Å². The molecule has 9 nitrogen and oxygen atoms in total. The molecule has 4 heterocycles. The van der Waals surface area contributed by atoms with E-state index in [1.54, 1.807) is 28.6 Å². The van der Waals surface area contributed by atoms with E-state index in [4.69, 9.17) is 0 Å². The number of fused-ring (bicyclic) bond motifs is 1. The van der Waals surface area contributed by atoms with E-state index in [0.717, 1.165) is 22.2 Å². The van der Waals surface area contributed by atoms with E-state index in [-0.39, 0.29) is 11.6 Å². The normalized spacial score (nSPS) is 13.3. The zero-order valence-corrected chi connectivity index (χ0v) is 18.2. The molecular weight excluding hydrogens is 462 g/mol. The van der Waals surface area contributed by atoms with Crippen LogP contribution in [-0.4, -0.2) is 54.0 Å². The lowest BCUT2D eigenvalue weighted by Crippen LogP contribution is -2.42. The van der Waals surface area contributed by atoms with Crippen LogP contribution in [0.4, 0.5) is 5.82 Å². The van der Waals surface area contributed by atoms with Gasteiger partial charge in [0.15, 0.2) is 0 Å².